The van der Waals surface area contributed by atoms with Crippen molar-refractivity contribution in [2.24, 2.45) is 0 Å². The quantitative estimate of drug-likeness (QED) is 0.706. The lowest BCUT2D eigenvalue weighted by Gasteiger charge is -2.30. The number of rotatable bonds is 6. The summed E-state index contributed by atoms with van der Waals surface area (Å²) in [5.74, 6) is 1.17. The molecule has 4 rings (SSSR count). The van der Waals surface area contributed by atoms with E-state index >= 15 is 0 Å². The molecule has 3 aromatic rings. The first-order valence-electron chi connectivity index (χ1n) is 9.30. The van der Waals surface area contributed by atoms with Crippen LogP contribution in [0.15, 0.2) is 72.9 Å². The largest absolute Gasteiger partial charge is 0.473 e. The fourth-order valence-corrected chi connectivity index (χ4v) is 3.23. The second-order valence-electron chi connectivity index (χ2n) is 6.63. The number of benzene rings is 2. The monoisotopic (exact) mass is 361 g/mol. The zero-order valence-corrected chi connectivity index (χ0v) is 15.1. The van der Waals surface area contributed by atoms with Crippen molar-refractivity contribution in [2.75, 3.05) is 11.9 Å². The lowest BCUT2D eigenvalue weighted by molar-refractivity contribution is 0.00968. The van der Waals surface area contributed by atoms with Crippen molar-refractivity contribution in [3.05, 3.63) is 84.1 Å². The molecule has 0 spiro atoms. The number of anilines is 1. The van der Waals surface area contributed by atoms with Crippen molar-refractivity contribution in [3.8, 4) is 5.88 Å². The highest BCUT2D eigenvalue weighted by atomic mass is 16.5. The number of hydrogen-bond acceptors (Lipinski definition) is 5. The van der Waals surface area contributed by atoms with Crippen molar-refractivity contribution in [1.82, 2.24) is 9.97 Å². The van der Waals surface area contributed by atoms with Crippen molar-refractivity contribution in [3.63, 3.8) is 0 Å². The van der Waals surface area contributed by atoms with Crippen molar-refractivity contribution < 1.29 is 9.47 Å². The van der Waals surface area contributed by atoms with E-state index in [0.717, 1.165) is 25.0 Å². The van der Waals surface area contributed by atoms with Gasteiger partial charge in [-0.25, -0.2) is 4.98 Å². The molecule has 0 bridgehead atoms. The molecular formula is C22H23N3O2. The van der Waals surface area contributed by atoms with Gasteiger partial charge in [0.2, 0.25) is 11.8 Å². The van der Waals surface area contributed by atoms with Crippen LogP contribution in [-0.2, 0) is 11.3 Å². The normalized spacial score (nSPS) is 19.4. The maximum absolute atomic E-state index is 5.94. The van der Waals surface area contributed by atoms with E-state index in [4.69, 9.17) is 9.47 Å². The van der Waals surface area contributed by atoms with Gasteiger partial charge in [-0.15, -0.1) is 0 Å². The number of hydrogen-bond donors (Lipinski definition) is 1. The second kappa shape index (κ2) is 8.64. The summed E-state index contributed by atoms with van der Waals surface area (Å²) in [5.41, 5.74) is 2.32. The molecule has 1 aromatic heterocycles. The van der Waals surface area contributed by atoms with Gasteiger partial charge in [0.05, 0.1) is 6.10 Å². The van der Waals surface area contributed by atoms with E-state index in [9.17, 15) is 0 Å². The lowest BCUT2D eigenvalue weighted by Crippen LogP contribution is -2.30. The molecule has 27 heavy (non-hydrogen) atoms. The fourth-order valence-electron chi connectivity index (χ4n) is 3.23. The average molecular weight is 361 g/mol. The van der Waals surface area contributed by atoms with Crippen LogP contribution >= 0.6 is 0 Å². The Hall–Kier alpha value is -2.92. The van der Waals surface area contributed by atoms with E-state index in [2.05, 4.69) is 27.4 Å². The molecule has 0 amide bonds. The topological polar surface area (TPSA) is 56.3 Å². The molecule has 1 aliphatic rings. The molecule has 1 saturated heterocycles. The molecule has 1 fully saturated rings. The van der Waals surface area contributed by atoms with E-state index < -0.39 is 0 Å². The molecular weight excluding hydrogens is 338 g/mol. The first kappa shape index (κ1) is 17.5. The molecule has 1 N–H and O–H groups in total. The third-order valence-electron chi connectivity index (χ3n) is 4.65. The van der Waals surface area contributed by atoms with E-state index in [1.54, 1.807) is 12.3 Å². The van der Waals surface area contributed by atoms with Crippen LogP contribution in [0.3, 0.4) is 0 Å². The third kappa shape index (κ3) is 4.83. The second-order valence-corrected chi connectivity index (χ2v) is 6.63. The molecule has 1 aliphatic heterocycles. The molecule has 2 heterocycles. The van der Waals surface area contributed by atoms with Crippen molar-refractivity contribution in [2.45, 2.75) is 31.6 Å². The Morgan fingerprint density at radius 2 is 1.78 bits per heavy atom. The minimum absolute atomic E-state index is 0.106. The predicted molar refractivity (Wildman–Crippen MR) is 105 cm³/mol. The van der Waals surface area contributed by atoms with E-state index in [-0.39, 0.29) is 12.1 Å². The zero-order valence-electron chi connectivity index (χ0n) is 15.1. The van der Waals surface area contributed by atoms with Crippen LogP contribution in [0.4, 0.5) is 5.95 Å². The highest BCUT2D eigenvalue weighted by molar-refractivity contribution is 5.30. The van der Waals surface area contributed by atoms with Gasteiger partial charge in [0.1, 0.15) is 6.61 Å². The van der Waals surface area contributed by atoms with Gasteiger partial charge < -0.3 is 14.8 Å². The van der Waals surface area contributed by atoms with Gasteiger partial charge in [-0.05, 0) is 24.0 Å². The van der Waals surface area contributed by atoms with Crippen LogP contribution < -0.4 is 10.1 Å². The molecule has 138 valence electrons. The van der Waals surface area contributed by atoms with Gasteiger partial charge >= 0.3 is 0 Å². The van der Waals surface area contributed by atoms with Crippen LogP contribution in [0.25, 0.3) is 0 Å². The number of ether oxygens (including phenoxy) is 2. The van der Waals surface area contributed by atoms with Gasteiger partial charge in [0, 0.05) is 24.9 Å². The van der Waals surface area contributed by atoms with Crippen molar-refractivity contribution in [1.29, 1.82) is 0 Å². The van der Waals surface area contributed by atoms with Gasteiger partial charge in [0.25, 0.3) is 0 Å². The van der Waals surface area contributed by atoms with Crippen LogP contribution in [0.2, 0.25) is 0 Å². The molecule has 0 aliphatic carbocycles. The maximum atomic E-state index is 5.94. The highest BCUT2D eigenvalue weighted by Crippen LogP contribution is 2.29. The Bertz CT molecular complexity index is 842. The minimum atomic E-state index is 0.106. The summed E-state index contributed by atoms with van der Waals surface area (Å²) in [5, 5.41) is 3.44. The van der Waals surface area contributed by atoms with Crippen LogP contribution in [0.5, 0.6) is 5.88 Å². The molecule has 0 radical (unpaired) electrons. The fraction of sp³-hybridized carbons (Fsp3) is 0.273. The Balaban J connectivity index is 1.36. The first-order valence-corrected chi connectivity index (χ1v) is 9.30. The SMILES string of the molecule is c1ccc(COc2ccnc(NC3CCOC(c4ccccc4)C3)n2)cc1. The molecule has 2 atom stereocenters. The lowest BCUT2D eigenvalue weighted by atomic mass is 9.97. The van der Waals surface area contributed by atoms with Crippen LogP contribution in [-0.4, -0.2) is 22.6 Å². The third-order valence-corrected chi connectivity index (χ3v) is 4.65. The van der Waals surface area contributed by atoms with Gasteiger partial charge in [-0.3, -0.25) is 0 Å². The summed E-state index contributed by atoms with van der Waals surface area (Å²) < 4.78 is 11.7. The summed E-state index contributed by atoms with van der Waals surface area (Å²) in [6.45, 7) is 1.21. The molecule has 2 unspecified atom stereocenters. The number of nitrogens with one attached hydrogen (secondary N) is 1. The predicted octanol–water partition coefficient (Wildman–Crippen LogP) is 4.39. The Labute approximate surface area is 159 Å². The smallest absolute Gasteiger partial charge is 0.226 e. The Morgan fingerprint density at radius 3 is 2.59 bits per heavy atom. The zero-order chi connectivity index (χ0) is 18.3. The summed E-state index contributed by atoms with van der Waals surface area (Å²) >= 11 is 0. The van der Waals surface area contributed by atoms with Gasteiger partial charge in [-0.2, -0.15) is 4.98 Å². The maximum Gasteiger partial charge on any atom is 0.226 e. The molecule has 5 nitrogen and oxygen atoms in total. The van der Waals surface area contributed by atoms with E-state index in [1.807, 2.05) is 48.5 Å². The van der Waals surface area contributed by atoms with Crippen molar-refractivity contribution >= 4 is 5.95 Å². The number of aromatic nitrogens is 2. The Morgan fingerprint density at radius 1 is 1.00 bits per heavy atom. The summed E-state index contributed by atoms with van der Waals surface area (Å²) in [6.07, 6.45) is 3.66. The summed E-state index contributed by atoms with van der Waals surface area (Å²) in [7, 11) is 0. The molecule has 0 saturated carbocycles. The highest BCUT2D eigenvalue weighted by Gasteiger charge is 2.24. The van der Waals surface area contributed by atoms with E-state index in [0.29, 0.717) is 18.4 Å². The molecule has 2 aromatic carbocycles. The Kier molecular flexibility index (Phi) is 5.60. The van der Waals surface area contributed by atoms with Crippen LogP contribution in [0, 0.1) is 0 Å². The van der Waals surface area contributed by atoms with Gasteiger partial charge in [-0.1, -0.05) is 60.7 Å². The standard InChI is InChI=1S/C22H23N3O2/c1-3-7-17(8-4-1)16-27-21-11-13-23-22(25-21)24-19-12-14-26-20(15-19)18-9-5-2-6-10-18/h1-11,13,19-20H,12,14-16H2,(H,23,24,25). The minimum Gasteiger partial charge on any atom is -0.473 e. The first-order chi connectivity index (χ1) is 13.4. The summed E-state index contributed by atoms with van der Waals surface area (Å²) in [6, 6.07) is 22.5. The average Bonchev–Trinajstić information content (AvgIpc) is 2.74. The van der Waals surface area contributed by atoms with E-state index in [1.165, 1.54) is 5.56 Å². The van der Waals surface area contributed by atoms with Crippen LogP contribution in [0.1, 0.15) is 30.1 Å². The summed E-state index contributed by atoms with van der Waals surface area (Å²) in [4.78, 5) is 8.84. The van der Waals surface area contributed by atoms with Gasteiger partial charge in [0.15, 0.2) is 0 Å². The molecule has 5 heteroatoms. The number of nitrogens with zero attached hydrogens (tertiary/aromatic N) is 2.